The SMILES string of the molecule is O=Cc1ccc2c(c1)C(=O)c1c(cc(O)c(O)c1O)C2=O. The van der Waals surface area contributed by atoms with Crippen molar-refractivity contribution >= 4 is 17.9 Å². The highest BCUT2D eigenvalue weighted by Crippen LogP contribution is 2.43. The number of benzene rings is 2. The standard InChI is InChI=1S/C15H8O6/c16-5-6-1-2-7-8(3-6)13(19)11-9(12(7)18)4-10(17)14(20)15(11)21/h1-5,17,20-21H. The third-order valence-corrected chi connectivity index (χ3v) is 3.39. The summed E-state index contributed by atoms with van der Waals surface area (Å²) in [5.74, 6) is -3.70. The lowest BCUT2D eigenvalue weighted by molar-refractivity contribution is 0.0975. The second-order valence-corrected chi connectivity index (χ2v) is 4.60. The summed E-state index contributed by atoms with van der Waals surface area (Å²) in [5.41, 5.74) is -0.328. The number of carbonyl (C=O) groups is 3. The van der Waals surface area contributed by atoms with Crippen molar-refractivity contribution in [3.8, 4) is 17.2 Å². The molecule has 3 N–H and O–H groups in total. The van der Waals surface area contributed by atoms with Crippen LogP contribution in [-0.4, -0.2) is 33.2 Å². The topological polar surface area (TPSA) is 112 Å². The molecule has 0 unspecified atom stereocenters. The molecule has 1 aliphatic rings. The molecule has 1 aliphatic carbocycles. The number of aldehydes is 1. The molecule has 104 valence electrons. The van der Waals surface area contributed by atoms with Gasteiger partial charge in [-0.1, -0.05) is 6.07 Å². The monoisotopic (exact) mass is 284 g/mol. The van der Waals surface area contributed by atoms with E-state index in [0.717, 1.165) is 6.07 Å². The summed E-state index contributed by atoms with van der Waals surface area (Å²) in [4.78, 5) is 35.5. The number of aromatic hydroxyl groups is 3. The predicted octanol–water partition coefficient (Wildman–Crippen LogP) is 1.39. The van der Waals surface area contributed by atoms with Crippen LogP contribution >= 0.6 is 0 Å². The fourth-order valence-corrected chi connectivity index (χ4v) is 2.35. The molecular weight excluding hydrogens is 276 g/mol. The minimum atomic E-state index is -0.870. The van der Waals surface area contributed by atoms with Crippen LogP contribution in [0, 0.1) is 0 Å². The van der Waals surface area contributed by atoms with E-state index in [-0.39, 0.29) is 27.8 Å². The van der Waals surface area contributed by atoms with Crippen LogP contribution in [0.4, 0.5) is 0 Å². The minimum absolute atomic E-state index is 0.0301. The Kier molecular flexibility index (Phi) is 2.56. The van der Waals surface area contributed by atoms with Crippen molar-refractivity contribution in [2.24, 2.45) is 0 Å². The average Bonchev–Trinajstić information content (AvgIpc) is 2.49. The van der Waals surface area contributed by atoms with Crippen LogP contribution in [-0.2, 0) is 0 Å². The summed E-state index contributed by atoms with van der Waals surface area (Å²) in [7, 11) is 0. The molecular formula is C15H8O6. The number of carbonyl (C=O) groups excluding carboxylic acids is 3. The molecule has 0 bridgehead atoms. The third kappa shape index (κ3) is 1.62. The van der Waals surface area contributed by atoms with Gasteiger partial charge in [0.15, 0.2) is 23.1 Å². The summed E-state index contributed by atoms with van der Waals surface area (Å²) in [5, 5.41) is 28.8. The molecule has 0 amide bonds. The molecule has 3 rings (SSSR count). The summed E-state index contributed by atoms with van der Waals surface area (Å²) in [6.07, 6.45) is 0.529. The number of phenols is 3. The number of fused-ring (bicyclic) bond motifs is 2. The van der Waals surface area contributed by atoms with Gasteiger partial charge in [-0.15, -0.1) is 0 Å². The van der Waals surface area contributed by atoms with Crippen LogP contribution in [0.15, 0.2) is 24.3 Å². The van der Waals surface area contributed by atoms with Crippen molar-refractivity contribution in [1.82, 2.24) is 0 Å². The van der Waals surface area contributed by atoms with E-state index in [0.29, 0.717) is 6.29 Å². The van der Waals surface area contributed by atoms with Crippen LogP contribution in [0.1, 0.15) is 42.2 Å². The molecule has 0 saturated carbocycles. The van der Waals surface area contributed by atoms with Gasteiger partial charge in [0.2, 0.25) is 5.75 Å². The second kappa shape index (κ2) is 4.17. The molecule has 2 aromatic rings. The summed E-state index contributed by atoms with van der Waals surface area (Å²) in [6, 6.07) is 4.90. The Morgan fingerprint density at radius 3 is 2.19 bits per heavy atom. The molecule has 6 heteroatoms. The maximum absolute atomic E-state index is 12.4. The molecule has 0 aromatic heterocycles. The van der Waals surface area contributed by atoms with Gasteiger partial charge in [0.05, 0.1) is 5.56 Å². The van der Waals surface area contributed by atoms with Crippen molar-refractivity contribution in [2.75, 3.05) is 0 Å². The number of hydrogen-bond donors (Lipinski definition) is 3. The van der Waals surface area contributed by atoms with Gasteiger partial charge in [0.1, 0.15) is 6.29 Å². The normalized spacial score (nSPS) is 12.8. The first-order chi connectivity index (χ1) is 9.95. The lowest BCUT2D eigenvalue weighted by Gasteiger charge is -2.19. The van der Waals surface area contributed by atoms with E-state index in [1.807, 2.05) is 0 Å². The zero-order chi connectivity index (χ0) is 15.3. The Balaban J connectivity index is 2.36. The third-order valence-electron chi connectivity index (χ3n) is 3.39. The van der Waals surface area contributed by atoms with E-state index < -0.39 is 28.8 Å². The van der Waals surface area contributed by atoms with E-state index in [1.165, 1.54) is 18.2 Å². The summed E-state index contributed by atoms with van der Waals surface area (Å²) in [6.45, 7) is 0. The Labute approximate surface area is 117 Å². The maximum atomic E-state index is 12.4. The molecule has 0 atom stereocenters. The molecule has 0 heterocycles. The fraction of sp³-hybridized carbons (Fsp3) is 0. The van der Waals surface area contributed by atoms with Crippen LogP contribution in [0.25, 0.3) is 0 Å². The second-order valence-electron chi connectivity index (χ2n) is 4.60. The Bertz CT molecular complexity index is 835. The Morgan fingerprint density at radius 1 is 0.810 bits per heavy atom. The largest absolute Gasteiger partial charge is 0.504 e. The van der Waals surface area contributed by atoms with Crippen LogP contribution in [0.2, 0.25) is 0 Å². The zero-order valence-corrected chi connectivity index (χ0v) is 10.5. The Morgan fingerprint density at radius 2 is 1.52 bits per heavy atom. The number of rotatable bonds is 1. The molecule has 0 fully saturated rings. The highest BCUT2D eigenvalue weighted by Gasteiger charge is 2.34. The lowest BCUT2D eigenvalue weighted by atomic mass is 9.82. The first-order valence-electron chi connectivity index (χ1n) is 5.92. The van der Waals surface area contributed by atoms with Crippen molar-refractivity contribution in [1.29, 1.82) is 0 Å². The van der Waals surface area contributed by atoms with Gasteiger partial charge in [-0.2, -0.15) is 0 Å². The minimum Gasteiger partial charge on any atom is -0.504 e. The Hall–Kier alpha value is -3.15. The first kappa shape index (κ1) is 12.9. The van der Waals surface area contributed by atoms with E-state index in [9.17, 15) is 29.7 Å². The molecule has 0 aliphatic heterocycles. The quantitative estimate of drug-likeness (QED) is 0.460. The number of ketones is 2. The van der Waals surface area contributed by atoms with Crippen molar-refractivity contribution in [2.45, 2.75) is 0 Å². The smallest absolute Gasteiger partial charge is 0.201 e. The van der Waals surface area contributed by atoms with Crippen LogP contribution in [0.5, 0.6) is 17.2 Å². The van der Waals surface area contributed by atoms with Gasteiger partial charge >= 0.3 is 0 Å². The molecule has 2 aromatic carbocycles. The van der Waals surface area contributed by atoms with E-state index in [4.69, 9.17) is 0 Å². The summed E-state index contributed by atoms with van der Waals surface area (Å²) >= 11 is 0. The van der Waals surface area contributed by atoms with Gasteiger partial charge in [-0.05, 0) is 18.2 Å². The van der Waals surface area contributed by atoms with E-state index >= 15 is 0 Å². The molecule has 0 radical (unpaired) electrons. The fourth-order valence-electron chi connectivity index (χ4n) is 2.35. The predicted molar refractivity (Wildman–Crippen MR) is 70.1 cm³/mol. The zero-order valence-electron chi connectivity index (χ0n) is 10.5. The van der Waals surface area contributed by atoms with Crippen molar-refractivity contribution in [3.05, 3.63) is 52.1 Å². The number of phenolic OH excluding ortho intramolecular Hbond substituents is 3. The van der Waals surface area contributed by atoms with Crippen molar-refractivity contribution < 1.29 is 29.7 Å². The van der Waals surface area contributed by atoms with Crippen LogP contribution in [0.3, 0.4) is 0 Å². The number of hydrogen-bond acceptors (Lipinski definition) is 6. The van der Waals surface area contributed by atoms with Gasteiger partial charge < -0.3 is 15.3 Å². The molecule has 6 nitrogen and oxygen atoms in total. The lowest BCUT2D eigenvalue weighted by Crippen LogP contribution is -2.21. The first-order valence-corrected chi connectivity index (χ1v) is 5.92. The van der Waals surface area contributed by atoms with Gasteiger partial charge in [-0.3, -0.25) is 14.4 Å². The molecule has 0 saturated heterocycles. The maximum Gasteiger partial charge on any atom is 0.201 e. The van der Waals surface area contributed by atoms with Crippen molar-refractivity contribution in [3.63, 3.8) is 0 Å². The highest BCUT2D eigenvalue weighted by atomic mass is 16.3. The van der Waals surface area contributed by atoms with Gasteiger partial charge in [0, 0.05) is 22.3 Å². The van der Waals surface area contributed by atoms with Gasteiger partial charge in [0.25, 0.3) is 0 Å². The van der Waals surface area contributed by atoms with Crippen LogP contribution < -0.4 is 0 Å². The molecule has 0 spiro atoms. The van der Waals surface area contributed by atoms with Gasteiger partial charge in [-0.25, -0.2) is 0 Å². The average molecular weight is 284 g/mol. The van der Waals surface area contributed by atoms with E-state index in [2.05, 4.69) is 0 Å². The molecule has 21 heavy (non-hydrogen) atoms. The summed E-state index contributed by atoms with van der Waals surface area (Å²) < 4.78 is 0. The highest BCUT2D eigenvalue weighted by molar-refractivity contribution is 6.30. The van der Waals surface area contributed by atoms with E-state index in [1.54, 1.807) is 0 Å².